The fourth-order valence-electron chi connectivity index (χ4n) is 1.65. The summed E-state index contributed by atoms with van der Waals surface area (Å²) >= 11 is 5.79. The van der Waals surface area contributed by atoms with Gasteiger partial charge in [-0.15, -0.1) is 0 Å². The number of carbonyl (C=O) groups excluding carboxylic acids is 1. The van der Waals surface area contributed by atoms with Crippen LogP contribution in [0.5, 0.6) is 0 Å². The maximum Gasteiger partial charge on any atom is 0.242 e. The molecule has 1 unspecified atom stereocenters. The van der Waals surface area contributed by atoms with Crippen LogP contribution in [0.1, 0.15) is 33.1 Å². The molecule has 0 saturated carbocycles. The van der Waals surface area contributed by atoms with E-state index in [2.05, 4.69) is 17.6 Å². The van der Waals surface area contributed by atoms with E-state index in [1.807, 2.05) is 0 Å². The van der Waals surface area contributed by atoms with Crippen molar-refractivity contribution in [1.29, 1.82) is 0 Å². The van der Waals surface area contributed by atoms with Crippen LogP contribution in [0.4, 0.5) is 10.1 Å². The van der Waals surface area contributed by atoms with Crippen LogP contribution in [0.15, 0.2) is 18.2 Å². The number of hydrogen-bond donors (Lipinski definition) is 2. The lowest BCUT2D eigenvalue weighted by atomic mass is 10.2. The maximum absolute atomic E-state index is 13.5. The van der Waals surface area contributed by atoms with E-state index in [9.17, 15) is 9.18 Å². The van der Waals surface area contributed by atoms with Crippen LogP contribution < -0.4 is 10.6 Å². The van der Waals surface area contributed by atoms with Gasteiger partial charge in [-0.3, -0.25) is 4.79 Å². The minimum Gasteiger partial charge on any atom is -0.371 e. The molecule has 0 aliphatic carbocycles. The third kappa shape index (κ3) is 5.47. The molecule has 106 valence electrons. The van der Waals surface area contributed by atoms with Crippen molar-refractivity contribution in [3.8, 4) is 0 Å². The molecule has 3 nitrogen and oxygen atoms in total. The number of unbranched alkanes of at least 4 members (excludes halogenated alkanes) is 2. The molecule has 0 spiro atoms. The van der Waals surface area contributed by atoms with Crippen molar-refractivity contribution in [2.45, 2.75) is 39.2 Å². The minimum atomic E-state index is -0.505. The highest BCUT2D eigenvalue weighted by Gasteiger charge is 2.14. The Labute approximate surface area is 118 Å². The summed E-state index contributed by atoms with van der Waals surface area (Å²) in [5.74, 6) is -0.564. The van der Waals surface area contributed by atoms with Gasteiger partial charge in [0.25, 0.3) is 0 Å². The molecule has 0 aliphatic rings. The minimum absolute atomic E-state index is 0.143. The van der Waals surface area contributed by atoms with Gasteiger partial charge in [0, 0.05) is 11.6 Å². The highest BCUT2D eigenvalue weighted by atomic mass is 35.5. The number of benzene rings is 1. The topological polar surface area (TPSA) is 41.1 Å². The van der Waals surface area contributed by atoms with Crippen LogP contribution in [0, 0.1) is 5.82 Å². The van der Waals surface area contributed by atoms with E-state index >= 15 is 0 Å². The molecule has 0 aliphatic heterocycles. The van der Waals surface area contributed by atoms with Crippen molar-refractivity contribution >= 4 is 23.2 Å². The Balaban J connectivity index is 2.47. The predicted molar refractivity (Wildman–Crippen MR) is 77.0 cm³/mol. The number of carbonyl (C=O) groups is 1. The Morgan fingerprint density at radius 3 is 2.84 bits per heavy atom. The molecule has 5 heteroatoms. The van der Waals surface area contributed by atoms with E-state index in [1.165, 1.54) is 18.2 Å². The molecule has 2 N–H and O–H groups in total. The molecular weight excluding hydrogens is 267 g/mol. The molecule has 0 radical (unpaired) electrons. The molecule has 1 aromatic rings. The van der Waals surface area contributed by atoms with Crippen LogP contribution in [0.2, 0.25) is 5.02 Å². The number of rotatable bonds is 7. The van der Waals surface area contributed by atoms with Crippen molar-refractivity contribution < 1.29 is 9.18 Å². The monoisotopic (exact) mass is 286 g/mol. The Morgan fingerprint density at radius 2 is 2.16 bits per heavy atom. The fraction of sp³-hybridized carbons (Fsp3) is 0.500. The zero-order valence-electron chi connectivity index (χ0n) is 11.3. The molecule has 0 aromatic heterocycles. The van der Waals surface area contributed by atoms with Crippen molar-refractivity contribution in [1.82, 2.24) is 5.32 Å². The molecule has 1 amide bonds. The zero-order chi connectivity index (χ0) is 14.3. The van der Waals surface area contributed by atoms with Gasteiger partial charge in [-0.05, 0) is 31.5 Å². The molecule has 19 heavy (non-hydrogen) atoms. The number of nitrogens with one attached hydrogen (secondary N) is 2. The molecule has 0 saturated heterocycles. The Kier molecular flexibility index (Phi) is 6.64. The Hall–Kier alpha value is -1.29. The first kappa shape index (κ1) is 15.8. The lowest BCUT2D eigenvalue weighted by Crippen LogP contribution is -2.38. The molecule has 1 atom stereocenters. The number of anilines is 1. The lowest BCUT2D eigenvalue weighted by Gasteiger charge is -2.16. The molecular formula is C14H20ClFN2O. The summed E-state index contributed by atoms with van der Waals surface area (Å²) in [6, 6.07) is 3.71. The van der Waals surface area contributed by atoms with Gasteiger partial charge in [-0.2, -0.15) is 0 Å². The summed E-state index contributed by atoms with van der Waals surface area (Å²) in [4.78, 5) is 11.8. The molecule has 1 rings (SSSR count). The highest BCUT2D eigenvalue weighted by molar-refractivity contribution is 6.30. The van der Waals surface area contributed by atoms with E-state index < -0.39 is 11.9 Å². The quantitative estimate of drug-likeness (QED) is 0.752. The Morgan fingerprint density at radius 1 is 1.42 bits per heavy atom. The van der Waals surface area contributed by atoms with Gasteiger partial charge >= 0.3 is 0 Å². The summed E-state index contributed by atoms with van der Waals surface area (Å²) in [6.07, 6.45) is 3.16. The predicted octanol–water partition coefficient (Wildman–Crippen LogP) is 3.59. The third-order valence-corrected chi connectivity index (χ3v) is 3.01. The molecule has 0 heterocycles. The van der Waals surface area contributed by atoms with Crippen molar-refractivity contribution in [2.24, 2.45) is 0 Å². The number of hydrogen-bond acceptors (Lipinski definition) is 2. The lowest BCUT2D eigenvalue weighted by molar-refractivity contribution is -0.121. The SMILES string of the molecule is CCCCCNC(=O)C(C)Nc1cc(Cl)ccc1F. The number of amides is 1. The van der Waals surface area contributed by atoms with Gasteiger partial charge in [-0.25, -0.2) is 4.39 Å². The van der Waals surface area contributed by atoms with E-state index in [4.69, 9.17) is 11.6 Å². The first-order valence-electron chi connectivity index (χ1n) is 6.54. The Bertz CT molecular complexity index is 426. The van der Waals surface area contributed by atoms with Gasteiger partial charge in [0.15, 0.2) is 0 Å². The van der Waals surface area contributed by atoms with E-state index in [0.29, 0.717) is 11.6 Å². The highest BCUT2D eigenvalue weighted by Crippen LogP contribution is 2.20. The second kappa shape index (κ2) is 8.00. The third-order valence-electron chi connectivity index (χ3n) is 2.77. The maximum atomic E-state index is 13.5. The molecule has 0 fully saturated rings. The molecule has 0 bridgehead atoms. The summed E-state index contributed by atoms with van der Waals surface area (Å²) in [6.45, 7) is 4.44. The second-order valence-corrected chi connectivity index (χ2v) is 4.92. The summed E-state index contributed by atoms with van der Waals surface area (Å²) < 4.78 is 13.5. The van der Waals surface area contributed by atoms with E-state index in [1.54, 1.807) is 6.92 Å². The first-order valence-corrected chi connectivity index (χ1v) is 6.91. The largest absolute Gasteiger partial charge is 0.371 e. The van der Waals surface area contributed by atoms with Crippen molar-refractivity contribution in [3.05, 3.63) is 29.0 Å². The summed E-state index contributed by atoms with van der Waals surface area (Å²) in [7, 11) is 0. The van der Waals surface area contributed by atoms with Gasteiger partial charge in [0.05, 0.1) is 5.69 Å². The average molecular weight is 287 g/mol. The van der Waals surface area contributed by atoms with E-state index in [-0.39, 0.29) is 11.6 Å². The van der Waals surface area contributed by atoms with Crippen LogP contribution in [0.25, 0.3) is 0 Å². The van der Waals surface area contributed by atoms with E-state index in [0.717, 1.165) is 19.3 Å². The molecule has 1 aromatic carbocycles. The zero-order valence-corrected chi connectivity index (χ0v) is 12.1. The van der Waals surface area contributed by atoms with Crippen LogP contribution in [-0.2, 0) is 4.79 Å². The first-order chi connectivity index (χ1) is 9.04. The number of halogens is 2. The van der Waals surface area contributed by atoms with Gasteiger partial charge in [-0.1, -0.05) is 31.4 Å². The average Bonchev–Trinajstić information content (AvgIpc) is 2.38. The van der Waals surface area contributed by atoms with Crippen LogP contribution >= 0.6 is 11.6 Å². The fourth-order valence-corrected chi connectivity index (χ4v) is 1.82. The van der Waals surface area contributed by atoms with Crippen LogP contribution in [0.3, 0.4) is 0 Å². The van der Waals surface area contributed by atoms with Gasteiger partial charge in [0.1, 0.15) is 11.9 Å². The normalized spacial score (nSPS) is 12.0. The van der Waals surface area contributed by atoms with Crippen molar-refractivity contribution in [3.63, 3.8) is 0 Å². The van der Waals surface area contributed by atoms with Gasteiger partial charge in [0.2, 0.25) is 5.91 Å². The van der Waals surface area contributed by atoms with Crippen molar-refractivity contribution in [2.75, 3.05) is 11.9 Å². The standard InChI is InChI=1S/C14H20ClFN2O/c1-3-4-5-8-17-14(19)10(2)18-13-9-11(15)6-7-12(13)16/h6-7,9-10,18H,3-5,8H2,1-2H3,(H,17,19). The summed E-state index contributed by atoms with van der Waals surface area (Å²) in [5, 5.41) is 6.06. The van der Waals surface area contributed by atoms with Crippen LogP contribution in [-0.4, -0.2) is 18.5 Å². The second-order valence-electron chi connectivity index (χ2n) is 4.49. The smallest absolute Gasteiger partial charge is 0.242 e. The summed E-state index contributed by atoms with van der Waals surface area (Å²) in [5.41, 5.74) is 0.240. The van der Waals surface area contributed by atoms with Gasteiger partial charge < -0.3 is 10.6 Å².